The number of aromatic nitrogens is 1. The molecule has 0 radical (unpaired) electrons. The molecule has 11 heteroatoms. The fraction of sp³-hybridized carbons (Fsp3) is 0.393. The molecule has 1 aliphatic heterocycles. The smallest absolute Gasteiger partial charge is 0.410 e. The lowest BCUT2D eigenvalue weighted by Crippen LogP contribution is -2.47. The Morgan fingerprint density at radius 2 is 1.77 bits per heavy atom. The number of piperidine rings is 1. The molecule has 206 valence electrons. The number of aryl methyl sites for hydroxylation is 2. The van der Waals surface area contributed by atoms with Crippen molar-refractivity contribution in [3.8, 4) is 22.8 Å². The van der Waals surface area contributed by atoms with Crippen LogP contribution in [0.2, 0.25) is 0 Å². The highest BCUT2D eigenvalue weighted by molar-refractivity contribution is 5.93. The van der Waals surface area contributed by atoms with Crippen LogP contribution in [0.4, 0.5) is 10.5 Å². The molecule has 0 unspecified atom stereocenters. The number of hydrogen-bond donors (Lipinski definition) is 1. The summed E-state index contributed by atoms with van der Waals surface area (Å²) in [6, 6.07) is 11.0. The number of hydrogen-bond acceptors (Lipinski definition) is 8. The van der Waals surface area contributed by atoms with Gasteiger partial charge in [-0.3, -0.25) is 14.9 Å². The zero-order chi connectivity index (χ0) is 28.3. The molecule has 2 aromatic carbocycles. The van der Waals surface area contributed by atoms with Gasteiger partial charge in [0.2, 0.25) is 0 Å². The van der Waals surface area contributed by atoms with E-state index < -0.39 is 10.5 Å². The number of ether oxygens (including phenoxy) is 2. The van der Waals surface area contributed by atoms with E-state index in [1.165, 1.54) is 24.3 Å². The summed E-state index contributed by atoms with van der Waals surface area (Å²) in [5, 5.41) is 17.9. The third-order valence-electron chi connectivity index (χ3n) is 6.19. The van der Waals surface area contributed by atoms with Crippen molar-refractivity contribution in [1.29, 1.82) is 0 Å². The van der Waals surface area contributed by atoms with Crippen LogP contribution in [0.3, 0.4) is 0 Å². The Bertz CT molecular complexity index is 1370. The van der Waals surface area contributed by atoms with Crippen LogP contribution in [-0.4, -0.2) is 51.7 Å². The molecule has 1 N–H and O–H groups in total. The lowest BCUT2D eigenvalue weighted by molar-refractivity contribution is -0.384. The number of carbonyl (C=O) groups is 2. The Kier molecular flexibility index (Phi) is 7.89. The summed E-state index contributed by atoms with van der Waals surface area (Å²) in [5.74, 6) is 0.874. The first kappa shape index (κ1) is 27.6. The summed E-state index contributed by atoms with van der Waals surface area (Å²) >= 11 is 0. The molecule has 1 aliphatic rings. The van der Waals surface area contributed by atoms with Crippen molar-refractivity contribution in [1.82, 2.24) is 15.4 Å². The number of carbonyl (C=O) groups excluding carboxylic acids is 2. The number of rotatable bonds is 6. The van der Waals surface area contributed by atoms with Gasteiger partial charge in [-0.2, -0.15) is 0 Å². The third-order valence-corrected chi connectivity index (χ3v) is 6.19. The maximum absolute atomic E-state index is 12.9. The molecule has 1 aromatic heterocycles. The molecule has 0 atom stereocenters. The van der Waals surface area contributed by atoms with E-state index in [0.717, 1.165) is 11.1 Å². The average molecular weight is 537 g/mol. The summed E-state index contributed by atoms with van der Waals surface area (Å²) in [7, 11) is 0. The van der Waals surface area contributed by atoms with E-state index in [-0.39, 0.29) is 29.4 Å². The number of nitrogens with one attached hydrogen (secondary N) is 1. The Hall–Kier alpha value is -4.41. The molecule has 3 aromatic rings. The van der Waals surface area contributed by atoms with Crippen LogP contribution in [0.25, 0.3) is 11.3 Å². The minimum absolute atomic E-state index is 0.0376. The Labute approximate surface area is 226 Å². The van der Waals surface area contributed by atoms with Gasteiger partial charge in [0.1, 0.15) is 17.1 Å². The summed E-state index contributed by atoms with van der Waals surface area (Å²) in [5.41, 5.74) is 1.95. The van der Waals surface area contributed by atoms with Crippen molar-refractivity contribution in [3.05, 3.63) is 69.4 Å². The van der Waals surface area contributed by atoms with Crippen LogP contribution in [0, 0.1) is 24.0 Å². The predicted molar refractivity (Wildman–Crippen MR) is 143 cm³/mol. The van der Waals surface area contributed by atoms with Crippen LogP contribution in [-0.2, 0) is 4.74 Å². The van der Waals surface area contributed by atoms with Crippen molar-refractivity contribution in [2.45, 2.75) is 59.1 Å². The summed E-state index contributed by atoms with van der Waals surface area (Å²) < 4.78 is 17.0. The van der Waals surface area contributed by atoms with Crippen molar-refractivity contribution >= 4 is 17.7 Å². The molecule has 11 nitrogen and oxygen atoms in total. The van der Waals surface area contributed by atoms with Crippen LogP contribution < -0.4 is 10.1 Å². The maximum atomic E-state index is 12.9. The first-order chi connectivity index (χ1) is 18.4. The summed E-state index contributed by atoms with van der Waals surface area (Å²) in [6.07, 6.45) is 0.841. The lowest BCUT2D eigenvalue weighted by Gasteiger charge is -2.33. The molecular weight excluding hydrogens is 504 g/mol. The zero-order valence-corrected chi connectivity index (χ0v) is 22.6. The van der Waals surface area contributed by atoms with Gasteiger partial charge in [0, 0.05) is 37.3 Å². The molecule has 2 amide bonds. The monoisotopic (exact) mass is 536 g/mol. The Balaban J connectivity index is 1.44. The Morgan fingerprint density at radius 3 is 2.38 bits per heavy atom. The van der Waals surface area contributed by atoms with E-state index in [4.69, 9.17) is 14.0 Å². The zero-order valence-electron chi connectivity index (χ0n) is 22.6. The van der Waals surface area contributed by atoms with Crippen LogP contribution in [0.1, 0.15) is 55.2 Å². The van der Waals surface area contributed by atoms with E-state index in [0.29, 0.717) is 48.8 Å². The number of likely N-dealkylation sites (tertiary alicyclic amines) is 1. The molecular formula is C28H32N4O7. The van der Waals surface area contributed by atoms with Gasteiger partial charge in [-0.05, 0) is 76.8 Å². The van der Waals surface area contributed by atoms with Gasteiger partial charge >= 0.3 is 6.09 Å². The highest BCUT2D eigenvalue weighted by Gasteiger charge is 2.28. The van der Waals surface area contributed by atoms with Crippen molar-refractivity contribution < 1.29 is 28.5 Å². The van der Waals surface area contributed by atoms with Gasteiger partial charge < -0.3 is 24.2 Å². The van der Waals surface area contributed by atoms with Gasteiger partial charge in [-0.25, -0.2) is 4.79 Å². The number of non-ortho nitro benzene ring substituents is 1. The Morgan fingerprint density at radius 1 is 1.10 bits per heavy atom. The van der Waals surface area contributed by atoms with Crippen molar-refractivity contribution in [2.24, 2.45) is 0 Å². The molecule has 0 aliphatic carbocycles. The number of amides is 2. The van der Waals surface area contributed by atoms with Gasteiger partial charge in [0.15, 0.2) is 11.5 Å². The number of nitro groups is 1. The first-order valence-corrected chi connectivity index (χ1v) is 12.7. The van der Waals surface area contributed by atoms with Gasteiger partial charge in [0.25, 0.3) is 11.6 Å². The second-order valence-corrected chi connectivity index (χ2v) is 10.6. The molecule has 1 saturated heterocycles. The number of benzene rings is 2. The SMILES string of the molecule is Cc1cc(C)c(-c2cc(C(=O)NC3CCN(C(=O)OC(C)(C)C)CC3)no2)c(Oc2ccc([N+](=O)[O-])cc2)c1. The normalized spacial score (nSPS) is 14.1. The molecule has 0 saturated carbocycles. The molecule has 2 heterocycles. The maximum Gasteiger partial charge on any atom is 0.410 e. The highest BCUT2D eigenvalue weighted by Crippen LogP contribution is 2.38. The standard InChI is InChI=1S/C28H32N4O7/c1-17-14-18(2)25(23(15-17)37-21-8-6-20(7-9-21)32(35)36)24-16-22(30-39-24)26(33)29-19-10-12-31(13-11-19)27(34)38-28(3,4)5/h6-9,14-16,19H,10-13H2,1-5H3,(H,29,33). The van der Waals surface area contributed by atoms with E-state index in [9.17, 15) is 19.7 Å². The molecule has 0 spiro atoms. The fourth-order valence-electron chi connectivity index (χ4n) is 4.38. The van der Waals surface area contributed by atoms with Crippen LogP contribution in [0.5, 0.6) is 11.5 Å². The second-order valence-electron chi connectivity index (χ2n) is 10.6. The molecule has 0 bridgehead atoms. The van der Waals surface area contributed by atoms with E-state index in [2.05, 4.69) is 10.5 Å². The van der Waals surface area contributed by atoms with Gasteiger partial charge in [0.05, 0.1) is 10.5 Å². The van der Waals surface area contributed by atoms with Gasteiger partial charge in [-0.15, -0.1) is 0 Å². The number of nitrogens with zero attached hydrogens (tertiary/aromatic N) is 3. The minimum atomic E-state index is -0.560. The second kappa shape index (κ2) is 11.1. The van der Waals surface area contributed by atoms with Crippen molar-refractivity contribution in [2.75, 3.05) is 13.1 Å². The summed E-state index contributed by atoms with van der Waals surface area (Å²) in [4.78, 5) is 37.4. The summed E-state index contributed by atoms with van der Waals surface area (Å²) in [6.45, 7) is 10.3. The van der Waals surface area contributed by atoms with E-state index >= 15 is 0 Å². The number of nitro benzene ring substituents is 1. The lowest BCUT2D eigenvalue weighted by atomic mass is 10.0. The fourth-order valence-corrected chi connectivity index (χ4v) is 4.38. The quantitative estimate of drug-likeness (QED) is 0.309. The molecule has 4 rings (SSSR count). The largest absolute Gasteiger partial charge is 0.457 e. The van der Waals surface area contributed by atoms with E-state index in [1.807, 2.05) is 46.8 Å². The average Bonchev–Trinajstić information content (AvgIpc) is 3.33. The van der Waals surface area contributed by atoms with Gasteiger partial charge in [-0.1, -0.05) is 11.2 Å². The molecule has 39 heavy (non-hydrogen) atoms. The molecule has 1 fully saturated rings. The highest BCUT2D eigenvalue weighted by atomic mass is 16.6. The topological polar surface area (TPSA) is 137 Å². The third kappa shape index (κ3) is 6.92. The minimum Gasteiger partial charge on any atom is -0.457 e. The van der Waals surface area contributed by atoms with Crippen LogP contribution in [0.15, 0.2) is 47.0 Å². The van der Waals surface area contributed by atoms with Crippen LogP contribution >= 0.6 is 0 Å². The predicted octanol–water partition coefficient (Wildman–Crippen LogP) is 5.79. The van der Waals surface area contributed by atoms with E-state index in [1.54, 1.807) is 11.0 Å². The van der Waals surface area contributed by atoms with Crippen molar-refractivity contribution in [3.63, 3.8) is 0 Å². The first-order valence-electron chi connectivity index (χ1n) is 12.7.